The van der Waals surface area contributed by atoms with Crippen LogP contribution >= 0.6 is 0 Å². The number of likely N-dealkylation sites (tertiary alicyclic amines) is 1. The molecule has 0 bridgehead atoms. The van der Waals surface area contributed by atoms with Gasteiger partial charge in [0, 0.05) is 12.1 Å². The molecule has 3 N–H and O–H groups in total. The molecule has 0 aromatic heterocycles. The molecule has 4 amide bonds. The second-order valence-electron chi connectivity index (χ2n) is 5.45. The zero-order chi connectivity index (χ0) is 16.7. The highest BCUT2D eigenvalue weighted by molar-refractivity contribution is 6.23. The van der Waals surface area contributed by atoms with Crippen LogP contribution in [0.5, 0.6) is 0 Å². The summed E-state index contributed by atoms with van der Waals surface area (Å²) in [4.78, 5) is 51.0. The van der Waals surface area contributed by atoms with Crippen molar-refractivity contribution < 1.29 is 24.3 Å². The number of aliphatic hydroxyl groups excluding tert-OH is 1. The average Bonchev–Trinajstić information content (AvgIpc) is 2.76. The van der Waals surface area contributed by atoms with Gasteiger partial charge in [-0.15, -0.1) is 0 Å². The van der Waals surface area contributed by atoms with E-state index in [9.17, 15) is 19.2 Å². The van der Waals surface area contributed by atoms with E-state index >= 15 is 0 Å². The number of amides is 4. The van der Waals surface area contributed by atoms with Crippen molar-refractivity contribution in [3.8, 4) is 0 Å². The molecule has 1 atom stereocenters. The fraction of sp³-hybridized carbons (Fsp3) is 0.333. The number of hydrogen-bond donors (Lipinski definition) is 2. The zero-order valence-corrected chi connectivity index (χ0v) is 12.2. The Bertz CT molecular complexity index is 730. The van der Waals surface area contributed by atoms with Crippen molar-refractivity contribution in [2.75, 3.05) is 18.9 Å². The van der Waals surface area contributed by atoms with E-state index in [1.807, 2.05) is 0 Å². The summed E-state index contributed by atoms with van der Waals surface area (Å²) in [7, 11) is 0. The number of nitrogen functional groups attached to an aromatic ring is 1. The molecule has 8 nitrogen and oxygen atoms in total. The van der Waals surface area contributed by atoms with Crippen molar-refractivity contribution in [3.05, 3.63) is 29.3 Å². The fourth-order valence-electron chi connectivity index (χ4n) is 2.96. The first-order valence-corrected chi connectivity index (χ1v) is 7.18. The molecule has 120 valence electrons. The van der Waals surface area contributed by atoms with Crippen molar-refractivity contribution in [3.63, 3.8) is 0 Å². The van der Waals surface area contributed by atoms with Crippen LogP contribution in [0.4, 0.5) is 5.69 Å². The van der Waals surface area contributed by atoms with Gasteiger partial charge in [-0.3, -0.25) is 29.0 Å². The molecule has 8 heteroatoms. The molecule has 1 saturated heterocycles. The highest BCUT2D eigenvalue weighted by Crippen LogP contribution is 2.30. The molecule has 0 saturated carbocycles. The lowest BCUT2D eigenvalue weighted by Crippen LogP contribution is -2.56. The Morgan fingerprint density at radius 2 is 1.83 bits per heavy atom. The molecule has 0 radical (unpaired) electrons. The summed E-state index contributed by atoms with van der Waals surface area (Å²) >= 11 is 0. The van der Waals surface area contributed by atoms with Gasteiger partial charge in [-0.2, -0.15) is 0 Å². The van der Waals surface area contributed by atoms with Crippen molar-refractivity contribution in [2.24, 2.45) is 0 Å². The molecule has 2 aliphatic rings. The van der Waals surface area contributed by atoms with Gasteiger partial charge in [0.15, 0.2) is 0 Å². The summed E-state index contributed by atoms with van der Waals surface area (Å²) in [6.07, 6.45) is 0.118. The quantitative estimate of drug-likeness (QED) is 0.566. The van der Waals surface area contributed by atoms with Crippen molar-refractivity contribution >= 4 is 29.3 Å². The Kier molecular flexibility index (Phi) is 3.61. The Balaban J connectivity index is 1.94. The molecule has 0 spiro atoms. The number of nitrogens with zero attached hydrogens (tertiary/aromatic N) is 2. The molecular weight excluding hydrogens is 302 g/mol. The number of nitrogens with two attached hydrogens (primary N) is 1. The lowest BCUT2D eigenvalue weighted by Gasteiger charge is -2.34. The number of carbonyl (C=O) groups is 4. The van der Waals surface area contributed by atoms with E-state index in [0.29, 0.717) is 5.69 Å². The van der Waals surface area contributed by atoms with E-state index < -0.39 is 29.7 Å². The van der Waals surface area contributed by atoms with Crippen LogP contribution in [-0.2, 0) is 9.59 Å². The standard InChI is InChI=1S/C15H15N3O5/c16-8-1-2-9-10(7-8)14(22)18(13(9)21)11-3-4-12(20)17(5-6-19)15(11)23/h1-2,7,11,19H,3-6,16H2. The molecule has 1 unspecified atom stereocenters. The lowest BCUT2D eigenvalue weighted by molar-refractivity contribution is -0.152. The van der Waals surface area contributed by atoms with Crippen LogP contribution in [0.3, 0.4) is 0 Å². The number of rotatable bonds is 3. The van der Waals surface area contributed by atoms with Crippen LogP contribution in [-0.4, -0.2) is 57.7 Å². The Labute approximate surface area is 131 Å². The van der Waals surface area contributed by atoms with Gasteiger partial charge >= 0.3 is 0 Å². The Morgan fingerprint density at radius 3 is 2.52 bits per heavy atom. The molecule has 0 aliphatic carbocycles. The minimum Gasteiger partial charge on any atom is -0.399 e. The van der Waals surface area contributed by atoms with Crippen LogP contribution in [0.25, 0.3) is 0 Å². The number of carbonyl (C=O) groups excluding carboxylic acids is 4. The van der Waals surface area contributed by atoms with E-state index in [-0.39, 0.29) is 37.1 Å². The van der Waals surface area contributed by atoms with Gasteiger partial charge in [-0.1, -0.05) is 0 Å². The minimum atomic E-state index is -1.03. The van der Waals surface area contributed by atoms with Crippen LogP contribution in [0.2, 0.25) is 0 Å². The second kappa shape index (κ2) is 5.47. The largest absolute Gasteiger partial charge is 0.399 e. The number of hydrogen-bond acceptors (Lipinski definition) is 6. The first-order chi connectivity index (χ1) is 11.0. The maximum Gasteiger partial charge on any atom is 0.262 e. The van der Waals surface area contributed by atoms with Crippen molar-refractivity contribution in [1.82, 2.24) is 9.80 Å². The molecule has 1 aromatic carbocycles. The molecular formula is C15H15N3O5. The third kappa shape index (κ3) is 2.27. The summed E-state index contributed by atoms with van der Waals surface area (Å²) in [5, 5.41) is 8.97. The third-order valence-corrected chi connectivity index (χ3v) is 4.06. The Hall–Kier alpha value is -2.74. The van der Waals surface area contributed by atoms with E-state index in [1.54, 1.807) is 0 Å². The van der Waals surface area contributed by atoms with E-state index in [4.69, 9.17) is 10.8 Å². The first kappa shape index (κ1) is 15.2. The van der Waals surface area contributed by atoms with Crippen molar-refractivity contribution in [2.45, 2.75) is 18.9 Å². The monoisotopic (exact) mass is 317 g/mol. The minimum absolute atomic E-state index is 0.0337. The first-order valence-electron chi connectivity index (χ1n) is 7.18. The molecule has 2 heterocycles. The SMILES string of the molecule is Nc1ccc2c(c1)C(=O)N(C1CCC(=O)N(CCO)C1=O)C2=O. The molecule has 23 heavy (non-hydrogen) atoms. The average molecular weight is 317 g/mol. The van der Waals surface area contributed by atoms with Crippen molar-refractivity contribution in [1.29, 1.82) is 0 Å². The fourth-order valence-corrected chi connectivity index (χ4v) is 2.96. The molecule has 1 aromatic rings. The predicted octanol–water partition coefficient (Wildman–Crippen LogP) is -0.625. The predicted molar refractivity (Wildman–Crippen MR) is 78.2 cm³/mol. The number of piperidine rings is 1. The molecule has 3 rings (SSSR count). The zero-order valence-electron chi connectivity index (χ0n) is 12.2. The Morgan fingerprint density at radius 1 is 1.13 bits per heavy atom. The smallest absolute Gasteiger partial charge is 0.262 e. The highest BCUT2D eigenvalue weighted by atomic mass is 16.3. The van der Waals surface area contributed by atoms with Gasteiger partial charge in [0.2, 0.25) is 5.91 Å². The van der Waals surface area contributed by atoms with Gasteiger partial charge in [0.25, 0.3) is 17.7 Å². The number of aliphatic hydroxyl groups is 1. The van der Waals surface area contributed by atoms with E-state index in [1.165, 1.54) is 18.2 Å². The summed E-state index contributed by atoms with van der Waals surface area (Å²) in [6.45, 7) is -0.521. The summed E-state index contributed by atoms with van der Waals surface area (Å²) in [6, 6.07) is 3.33. The third-order valence-electron chi connectivity index (χ3n) is 4.06. The lowest BCUT2D eigenvalue weighted by atomic mass is 10.0. The maximum atomic E-state index is 12.5. The van der Waals surface area contributed by atoms with Crippen LogP contribution in [0.15, 0.2) is 18.2 Å². The van der Waals surface area contributed by atoms with Crippen LogP contribution in [0, 0.1) is 0 Å². The normalized spacial score (nSPS) is 21.2. The van der Waals surface area contributed by atoms with Gasteiger partial charge in [-0.05, 0) is 24.6 Å². The van der Waals surface area contributed by atoms with Crippen LogP contribution < -0.4 is 5.73 Å². The topological polar surface area (TPSA) is 121 Å². The van der Waals surface area contributed by atoms with Gasteiger partial charge in [0.05, 0.1) is 24.3 Å². The van der Waals surface area contributed by atoms with E-state index in [0.717, 1.165) is 9.80 Å². The maximum absolute atomic E-state index is 12.5. The number of β-amino-alcohol motifs (C(OH)–C–C–N with tert-alkyl or cyclic N) is 1. The summed E-state index contributed by atoms with van der Waals surface area (Å²) in [5.41, 5.74) is 6.34. The van der Waals surface area contributed by atoms with Crippen LogP contribution in [0.1, 0.15) is 33.6 Å². The number of benzene rings is 1. The molecule has 2 aliphatic heterocycles. The number of fused-ring (bicyclic) bond motifs is 1. The molecule has 1 fully saturated rings. The number of imide groups is 2. The second-order valence-corrected chi connectivity index (χ2v) is 5.45. The highest BCUT2D eigenvalue weighted by Gasteiger charge is 2.46. The van der Waals surface area contributed by atoms with Gasteiger partial charge in [0.1, 0.15) is 6.04 Å². The van der Waals surface area contributed by atoms with Gasteiger partial charge in [-0.25, -0.2) is 0 Å². The number of anilines is 1. The summed E-state index contributed by atoms with van der Waals surface area (Å²) < 4.78 is 0. The van der Waals surface area contributed by atoms with Gasteiger partial charge < -0.3 is 10.8 Å². The van der Waals surface area contributed by atoms with E-state index in [2.05, 4.69) is 0 Å². The summed E-state index contributed by atoms with van der Waals surface area (Å²) in [5.74, 6) is -2.21.